The first kappa shape index (κ1) is 30.2. The van der Waals surface area contributed by atoms with Crippen LogP contribution in [-0.4, -0.2) is 111 Å². The van der Waals surface area contributed by atoms with Crippen LogP contribution < -0.4 is 14.9 Å². The minimum atomic E-state index is -1.77. The van der Waals surface area contributed by atoms with Crippen LogP contribution in [0.25, 0.3) is 22.3 Å². The number of rotatable bonds is 7. The zero-order valence-corrected chi connectivity index (χ0v) is 22.5. The summed E-state index contributed by atoms with van der Waals surface area (Å²) in [5.74, 6) is 0.359. The Labute approximate surface area is 238 Å². The molecule has 1 aromatic heterocycles. The Balaban J connectivity index is 1.40. The van der Waals surface area contributed by atoms with E-state index in [9.17, 15) is 40.5 Å². The molecule has 14 heteroatoms. The zero-order valence-electron chi connectivity index (χ0n) is 22.5. The van der Waals surface area contributed by atoms with Crippen LogP contribution in [0.2, 0.25) is 0 Å². The number of ether oxygens (including phenoxy) is 5. The van der Waals surface area contributed by atoms with Crippen molar-refractivity contribution in [3.8, 4) is 28.6 Å². The molecule has 2 aliphatic heterocycles. The van der Waals surface area contributed by atoms with Gasteiger partial charge in [0.05, 0.1) is 19.8 Å². The summed E-state index contributed by atoms with van der Waals surface area (Å²) < 4.78 is 33.7. The van der Waals surface area contributed by atoms with E-state index < -0.39 is 73.4 Å². The lowest BCUT2D eigenvalue weighted by Crippen LogP contribution is -2.61. The van der Waals surface area contributed by atoms with E-state index >= 15 is 0 Å². The third-order valence-corrected chi connectivity index (χ3v) is 7.30. The second kappa shape index (κ2) is 12.1. The van der Waals surface area contributed by atoms with Crippen molar-refractivity contribution < 1.29 is 63.8 Å². The lowest BCUT2D eigenvalue weighted by molar-refractivity contribution is -0.318. The summed E-state index contributed by atoms with van der Waals surface area (Å²) in [6.45, 7) is 0.980. The predicted octanol–water partition coefficient (Wildman–Crippen LogP) is -0.795. The van der Waals surface area contributed by atoms with Crippen LogP contribution in [0.15, 0.2) is 51.7 Å². The highest BCUT2D eigenvalue weighted by atomic mass is 16.7. The number of aliphatic hydroxyl groups excluding tert-OH is 6. The summed E-state index contributed by atoms with van der Waals surface area (Å²) in [6.07, 6.45) is -14.9. The van der Waals surface area contributed by atoms with Crippen molar-refractivity contribution in [3.05, 3.63) is 52.7 Å². The molecular weight excluding hydrogens is 560 g/mol. The Hall–Kier alpha value is -3.31. The summed E-state index contributed by atoms with van der Waals surface area (Å²) in [6, 6.07) is 10.1. The Bertz CT molecular complexity index is 1440. The fourth-order valence-electron chi connectivity index (χ4n) is 4.82. The summed E-state index contributed by atoms with van der Waals surface area (Å²) in [5, 5.41) is 71.3. The van der Waals surface area contributed by atoms with E-state index in [4.69, 9.17) is 28.1 Å². The highest BCUT2D eigenvalue weighted by Gasteiger charge is 2.47. The van der Waals surface area contributed by atoms with Gasteiger partial charge in [-0.2, -0.15) is 0 Å². The monoisotopic (exact) mass is 592 g/mol. The van der Waals surface area contributed by atoms with Gasteiger partial charge >= 0.3 is 0 Å². The zero-order chi connectivity index (χ0) is 30.3. The van der Waals surface area contributed by atoms with Gasteiger partial charge in [0, 0.05) is 23.8 Å². The minimum Gasteiger partial charge on any atom is -0.508 e. The first-order valence-electron chi connectivity index (χ1n) is 13.1. The first-order valence-corrected chi connectivity index (χ1v) is 13.1. The third-order valence-electron chi connectivity index (χ3n) is 7.30. The van der Waals surface area contributed by atoms with Crippen molar-refractivity contribution in [1.29, 1.82) is 0 Å². The first-order chi connectivity index (χ1) is 20.0. The van der Waals surface area contributed by atoms with Gasteiger partial charge in [0.2, 0.25) is 6.29 Å². The minimum absolute atomic E-state index is 0.0252. The summed E-state index contributed by atoms with van der Waals surface area (Å²) >= 11 is 0. The molecule has 2 aromatic carbocycles. The van der Waals surface area contributed by atoms with E-state index in [1.54, 1.807) is 12.1 Å². The predicted molar refractivity (Wildman–Crippen MR) is 142 cm³/mol. The molecule has 0 aliphatic carbocycles. The maximum Gasteiger partial charge on any atom is 0.229 e. The van der Waals surface area contributed by atoms with Crippen LogP contribution in [0.4, 0.5) is 0 Å². The quantitative estimate of drug-likeness (QED) is 0.179. The van der Waals surface area contributed by atoms with Crippen molar-refractivity contribution in [2.45, 2.75) is 68.3 Å². The number of aromatic hydroxyl groups is 1. The molecule has 3 heterocycles. The average Bonchev–Trinajstić information content (AvgIpc) is 2.97. The number of hydrogen-bond donors (Lipinski definition) is 7. The molecule has 0 radical (unpaired) electrons. The summed E-state index contributed by atoms with van der Waals surface area (Å²) in [5.41, 5.74) is 0.0802. The maximum absolute atomic E-state index is 13.2. The molecule has 2 saturated heterocycles. The smallest absolute Gasteiger partial charge is 0.229 e. The lowest BCUT2D eigenvalue weighted by atomic mass is 9.98. The molecule has 42 heavy (non-hydrogen) atoms. The molecule has 7 N–H and O–H groups in total. The molecule has 0 unspecified atom stereocenters. The molecule has 0 saturated carbocycles. The molecule has 228 valence electrons. The van der Waals surface area contributed by atoms with Crippen molar-refractivity contribution in [3.63, 3.8) is 0 Å². The van der Waals surface area contributed by atoms with Crippen LogP contribution in [0.1, 0.15) is 6.92 Å². The van der Waals surface area contributed by atoms with Crippen molar-refractivity contribution in [2.75, 3.05) is 13.7 Å². The molecular formula is C28H32O14. The van der Waals surface area contributed by atoms with Crippen LogP contribution in [0.5, 0.6) is 17.2 Å². The van der Waals surface area contributed by atoms with Gasteiger partial charge in [-0.1, -0.05) is 0 Å². The summed E-state index contributed by atoms with van der Waals surface area (Å²) in [7, 11) is 1.38. The van der Waals surface area contributed by atoms with Gasteiger partial charge in [0.15, 0.2) is 11.7 Å². The molecule has 5 rings (SSSR count). The van der Waals surface area contributed by atoms with Crippen LogP contribution >= 0.6 is 0 Å². The highest BCUT2D eigenvalue weighted by molar-refractivity contribution is 5.86. The Morgan fingerprint density at radius 1 is 0.810 bits per heavy atom. The Morgan fingerprint density at radius 2 is 1.48 bits per heavy atom. The molecule has 2 fully saturated rings. The fourth-order valence-corrected chi connectivity index (χ4v) is 4.82. The highest BCUT2D eigenvalue weighted by Crippen LogP contribution is 2.35. The topological polar surface area (TPSA) is 218 Å². The number of aliphatic hydroxyl groups is 6. The van der Waals surface area contributed by atoms with Gasteiger partial charge in [-0.15, -0.1) is 0 Å². The molecule has 2 aliphatic rings. The van der Waals surface area contributed by atoms with Gasteiger partial charge in [-0.25, -0.2) is 0 Å². The van der Waals surface area contributed by atoms with Crippen LogP contribution in [0.3, 0.4) is 0 Å². The van der Waals surface area contributed by atoms with Crippen LogP contribution in [0, 0.1) is 0 Å². The standard InChI is InChI=1S/C28H32O14/c1-11-21(31)23(33)25(35)27(39-11)38-10-19-22(32)24(34)26(36)28(42-19)41-18-8-14(37-2)7-17-20(18)15(30)9-16(40-17)12-3-5-13(29)6-4-12/h3-9,11,19,21-29,31-36H,10H2,1-2H3/t11-,19+,21-,22-,23+,24-,25+,26+,27+,28+/m0/s1. The molecule has 3 aromatic rings. The Kier molecular flexibility index (Phi) is 8.71. The van der Waals surface area contributed by atoms with E-state index in [0.29, 0.717) is 5.56 Å². The van der Waals surface area contributed by atoms with E-state index in [2.05, 4.69) is 0 Å². The number of phenolic OH excluding ortho intramolecular Hbond substituents is 1. The summed E-state index contributed by atoms with van der Waals surface area (Å²) in [4.78, 5) is 13.2. The van der Waals surface area contributed by atoms with Crippen molar-refractivity contribution >= 4 is 11.0 Å². The van der Waals surface area contributed by atoms with Gasteiger partial charge in [-0.05, 0) is 31.2 Å². The number of phenols is 1. The Morgan fingerprint density at radius 3 is 2.17 bits per heavy atom. The molecule has 0 bridgehead atoms. The van der Waals surface area contributed by atoms with E-state index in [-0.39, 0.29) is 34.0 Å². The third kappa shape index (κ3) is 5.81. The molecule has 10 atom stereocenters. The van der Waals surface area contributed by atoms with Crippen molar-refractivity contribution in [1.82, 2.24) is 0 Å². The second-order valence-corrected chi connectivity index (χ2v) is 10.2. The number of methoxy groups -OCH3 is 1. The van der Waals surface area contributed by atoms with Crippen molar-refractivity contribution in [2.24, 2.45) is 0 Å². The van der Waals surface area contributed by atoms with E-state index in [1.807, 2.05) is 0 Å². The maximum atomic E-state index is 13.2. The number of benzene rings is 2. The molecule has 0 amide bonds. The molecule has 0 spiro atoms. The van der Waals surface area contributed by atoms with E-state index in [0.717, 1.165) is 0 Å². The average molecular weight is 593 g/mol. The number of fused-ring (bicyclic) bond motifs is 1. The number of hydrogen-bond acceptors (Lipinski definition) is 14. The normalized spacial score (nSPS) is 33.4. The van der Waals surface area contributed by atoms with Gasteiger partial charge in [0.25, 0.3) is 0 Å². The molecule has 14 nitrogen and oxygen atoms in total. The van der Waals surface area contributed by atoms with E-state index in [1.165, 1.54) is 44.4 Å². The lowest BCUT2D eigenvalue weighted by Gasteiger charge is -2.42. The van der Waals surface area contributed by atoms with Crippen LogP contribution in [-0.2, 0) is 14.2 Å². The largest absolute Gasteiger partial charge is 0.508 e. The van der Waals surface area contributed by atoms with Gasteiger partial charge in [0.1, 0.15) is 76.7 Å². The SMILES string of the molecule is COc1cc(O[C@@H]2O[C@H](CO[C@@H]3O[C@@H](C)[C@H](O)[C@@H](O)[C@H]3O)[C@H](O)[C@H](O)[C@H]2O)c2c(=O)cc(-c3ccc(O)cc3)oc2c1. The van der Waals surface area contributed by atoms with Gasteiger partial charge in [-0.3, -0.25) is 4.79 Å². The second-order valence-electron chi connectivity index (χ2n) is 10.2. The van der Waals surface area contributed by atoms with Gasteiger partial charge < -0.3 is 63.8 Å². The fraction of sp³-hybridized carbons (Fsp3) is 0.464.